The summed E-state index contributed by atoms with van der Waals surface area (Å²) >= 11 is 0. The van der Waals surface area contributed by atoms with Crippen molar-refractivity contribution in [3.05, 3.63) is 23.8 Å². The lowest BCUT2D eigenvalue weighted by molar-refractivity contribution is -0.0708. The summed E-state index contributed by atoms with van der Waals surface area (Å²) in [6.07, 6.45) is 6.59. The van der Waals surface area contributed by atoms with E-state index in [1.807, 2.05) is 25.1 Å². The van der Waals surface area contributed by atoms with Crippen LogP contribution < -0.4 is 5.73 Å². The molecule has 1 saturated carbocycles. The number of hydrogen-bond acceptors (Lipinski definition) is 3. The molecule has 0 amide bonds. The van der Waals surface area contributed by atoms with Crippen LogP contribution in [0.25, 0.3) is 0 Å². The lowest BCUT2D eigenvalue weighted by Gasteiger charge is -2.38. The Bertz CT molecular complexity index is 523. The number of ether oxygens (including phenoxy) is 1. The topological polar surface area (TPSA) is 52.3 Å². The number of rotatable bonds is 2. The zero-order valence-electron chi connectivity index (χ0n) is 12.1. The molecule has 0 radical (unpaired) electrons. The van der Waals surface area contributed by atoms with Gasteiger partial charge in [-0.25, -0.2) is 0 Å². The van der Waals surface area contributed by atoms with E-state index in [4.69, 9.17) is 10.5 Å². The van der Waals surface area contributed by atoms with Gasteiger partial charge >= 0.3 is 0 Å². The minimum Gasteiger partial charge on any atom is -0.399 e. The Morgan fingerprint density at radius 2 is 2.10 bits per heavy atom. The van der Waals surface area contributed by atoms with E-state index in [9.17, 15) is 4.21 Å². The van der Waals surface area contributed by atoms with E-state index in [0.717, 1.165) is 42.7 Å². The molecule has 2 atom stereocenters. The molecule has 3 nitrogen and oxygen atoms in total. The van der Waals surface area contributed by atoms with Crippen LogP contribution in [0.2, 0.25) is 0 Å². The Morgan fingerprint density at radius 3 is 2.85 bits per heavy atom. The molecule has 1 aromatic carbocycles. The van der Waals surface area contributed by atoms with Crippen molar-refractivity contribution >= 4 is 16.5 Å². The Balaban J connectivity index is 1.81. The van der Waals surface area contributed by atoms with Gasteiger partial charge in [0.1, 0.15) is 0 Å². The van der Waals surface area contributed by atoms with Gasteiger partial charge in [0.2, 0.25) is 0 Å². The van der Waals surface area contributed by atoms with Crippen molar-refractivity contribution in [2.45, 2.75) is 61.2 Å². The van der Waals surface area contributed by atoms with E-state index < -0.39 is 10.8 Å². The molecular weight excluding hydrogens is 270 g/mol. The maximum Gasteiger partial charge on any atom is 0.0694 e. The van der Waals surface area contributed by atoms with Gasteiger partial charge < -0.3 is 10.5 Å². The molecule has 1 spiro atoms. The maximum atomic E-state index is 12.9. The molecule has 2 fully saturated rings. The molecule has 3 rings (SSSR count). The summed E-state index contributed by atoms with van der Waals surface area (Å²) in [6.45, 7) is 2.76. The molecule has 2 unspecified atom stereocenters. The Kier molecular flexibility index (Phi) is 3.87. The minimum atomic E-state index is -0.974. The molecule has 1 heterocycles. The summed E-state index contributed by atoms with van der Waals surface area (Å²) < 4.78 is 19.0. The molecule has 2 N–H and O–H groups in total. The fourth-order valence-corrected chi connectivity index (χ4v) is 5.31. The predicted molar refractivity (Wildman–Crippen MR) is 82.2 cm³/mol. The fourth-order valence-electron chi connectivity index (χ4n) is 3.55. The van der Waals surface area contributed by atoms with Gasteiger partial charge in [-0.1, -0.05) is 18.9 Å². The van der Waals surface area contributed by atoms with Gasteiger partial charge in [-0.2, -0.15) is 0 Å². The summed E-state index contributed by atoms with van der Waals surface area (Å²) in [5.41, 5.74) is 7.64. The van der Waals surface area contributed by atoms with E-state index >= 15 is 0 Å². The van der Waals surface area contributed by atoms with Gasteiger partial charge in [0.05, 0.1) is 16.4 Å². The van der Waals surface area contributed by atoms with E-state index in [-0.39, 0.29) is 10.9 Å². The second-order valence-electron chi connectivity index (χ2n) is 6.18. The second kappa shape index (κ2) is 5.49. The van der Waals surface area contributed by atoms with E-state index in [2.05, 4.69) is 0 Å². The highest BCUT2D eigenvalue weighted by molar-refractivity contribution is 7.85. The van der Waals surface area contributed by atoms with E-state index in [1.54, 1.807) is 0 Å². The highest BCUT2D eigenvalue weighted by Crippen LogP contribution is 2.42. The van der Waals surface area contributed by atoms with Crippen molar-refractivity contribution in [2.75, 3.05) is 12.3 Å². The molecule has 0 aromatic heterocycles. The number of nitrogen functional groups attached to an aromatic ring is 1. The van der Waals surface area contributed by atoms with Crippen LogP contribution >= 0.6 is 0 Å². The zero-order valence-corrected chi connectivity index (χ0v) is 12.9. The fraction of sp³-hybridized carbons (Fsp3) is 0.625. The van der Waals surface area contributed by atoms with E-state index in [0.29, 0.717) is 5.69 Å². The molecule has 110 valence electrons. The van der Waals surface area contributed by atoms with Gasteiger partial charge in [-0.05, 0) is 50.3 Å². The first-order chi connectivity index (χ1) is 9.60. The van der Waals surface area contributed by atoms with Gasteiger partial charge in [0, 0.05) is 22.4 Å². The highest BCUT2D eigenvalue weighted by atomic mass is 32.2. The molecule has 2 aliphatic rings. The molecule has 20 heavy (non-hydrogen) atoms. The summed E-state index contributed by atoms with van der Waals surface area (Å²) in [7, 11) is -0.974. The number of aryl methyl sites for hydroxylation is 1. The van der Waals surface area contributed by atoms with Crippen molar-refractivity contribution in [2.24, 2.45) is 0 Å². The van der Waals surface area contributed by atoms with Crippen LogP contribution in [0.15, 0.2) is 23.1 Å². The zero-order chi connectivity index (χ0) is 14.2. The average molecular weight is 293 g/mol. The smallest absolute Gasteiger partial charge is 0.0694 e. The van der Waals surface area contributed by atoms with Crippen molar-refractivity contribution in [3.63, 3.8) is 0 Å². The summed E-state index contributed by atoms with van der Waals surface area (Å²) in [5.74, 6) is 0. The Labute approximate surface area is 123 Å². The van der Waals surface area contributed by atoms with Crippen LogP contribution in [0, 0.1) is 6.92 Å². The molecule has 1 aliphatic heterocycles. The number of anilines is 1. The number of benzene rings is 1. The van der Waals surface area contributed by atoms with Crippen molar-refractivity contribution in [1.29, 1.82) is 0 Å². The van der Waals surface area contributed by atoms with Crippen LogP contribution in [-0.2, 0) is 15.5 Å². The maximum absolute atomic E-state index is 12.9. The highest BCUT2D eigenvalue weighted by Gasteiger charge is 2.41. The van der Waals surface area contributed by atoms with Crippen LogP contribution in [0.1, 0.15) is 44.1 Å². The third-order valence-corrected chi connectivity index (χ3v) is 6.58. The molecule has 1 aromatic rings. The standard InChI is InChI=1S/C16H23NO2S/c1-12-4-5-13(17)10-15(12)20(18)14-6-9-19-16(11-14)7-2-3-8-16/h4-5,10,14H,2-3,6-9,11,17H2,1H3. The van der Waals surface area contributed by atoms with Crippen molar-refractivity contribution < 1.29 is 8.95 Å². The third kappa shape index (κ3) is 2.63. The van der Waals surface area contributed by atoms with Gasteiger partial charge in [0.15, 0.2) is 0 Å². The van der Waals surface area contributed by atoms with Gasteiger partial charge in [-0.3, -0.25) is 4.21 Å². The van der Waals surface area contributed by atoms with Crippen LogP contribution in [0.3, 0.4) is 0 Å². The monoisotopic (exact) mass is 293 g/mol. The van der Waals surface area contributed by atoms with Gasteiger partial charge in [-0.15, -0.1) is 0 Å². The van der Waals surface area contributed by atoms with E-state index in [1.165, 1.54) is 12.8 Å². The van der Waals surface area contributed by atoms with Crippen molar-refractivity contribution in [1.82, 2.24) is 0 Å². The quantitative estimate of drug-likeness (QED) is 0.852. The molecular formula is C16H23NO2S. The average Bonchev–Trinajstić information content (AvgIpc) is 2.88. The van der Waals surface area contributed by atoms with Crippen LogP contribution in [-0.4, -0.2) is 21.7 Å². The Hall–Kier alpha value is -0.870. The molecule has 4 heteroatoms. The number of nitrogens with two attached hydrogens (primary N) is 1. The second-order valence-corrected chi connectivity index (χ2v) is 7.88. The van der Waals surface area contributed by atoms with Crippen LogP contribution in [0.5, 0.6) is 0 Å². The summed E-state index contributed by atoms with van der Waals surface area (Å²) in [6, 6.07) is 5.72. The SMILES string of the molecule is Cc1ccc(N)cc1S(=O)C1CCOC2(CCCC2)C1. The lowest BCUT2D eigenvalue weighted by Crippen LogP contribution is -2.41. The lowest BCUT2D eigenvalue weighted by atomic mass is 9.92. The first-order valence-electron chi connectivity index (χ1n) is 7.50. The minimum absolute atomic E-state index is 0.0206. The first-order valence-corrected chi connectivity index (χ1v) is 8.72. The Morgan fingerprint density at radius 1 is 1.35 bits per heavy atom. The van der Waals surface area contributed by atoms with Gasteiger partial charge in [0.25, 0.3) is 0 Å². The van der Waals surface area contributed by atoms with Crippen LogP contribution in [0.4, 0.5) is 5.69 Å². The van der Waals surface area contributed by atoms with Crippen molar-refractivity contribution in [3.8, 4) is 0 Å². The molecule has 1 saturated heterocycles. The summed E-state index contributed by atoms with van der Waals surface area (Å²) in [4.78, 5) is 0.907. The largest absolute Gasteiger partial charge is 0.399 e. The number of hydrogen-bond donors (Lipinski definition) is 1. The first kappa shape index (κ1) is 14.1. The normalized spacial score (nSPS) is 26.8. The third-order valence-electron chi connectivity index (χ3n) is 4.69. The molecule has 0 bridgehead atoms. The predicted octanol–water partition coefficient (Wildman–Crippen LogP) is 3.18. The summed E-state index contributed by atoms with van der Waals surface area (Å²) in [5, 5.41) is 0.211. The molecule has 1 aliphatic carbocycles.